The summed E-state index contributed by atoms with van der Waals surface area (Å²) in [5.74, 6) is -1.44. The second-order valence-electron chi connectivity index (χ2n) is 5.36. The van der Waals surface area contributed by atoms with Crippen LogP contribution in [0.1, 0.15) is 19.4 Å². The summed E-state index contributed by atoms with van der Waals surface area (Å²) in [6.07, 6.45) is 3.70. The van der Waals surface area contributed by atoms with Gasteiger partial charge in [-0.05, 0) is 35.7 Å². The van der Waals surface area contributed by atoms with E-state index in [1.165, 1.54) is 13.1 Å². The Labute approximate surface area is 147 Å². The van der Waals surface area contributed by atoms with Crippen LogP contribution in [0.15, 0.2) is 30.6 Å². The molecule has 1 aromatic carbocycles. The number of hydrogen-bond acceptors (Lipinski definition) is 3. The molecule has 0 fully saturated rings. The van der Waals surface area contributed by atoms with Gasteiger partial charge in [-0.15, -0.1) is 0 Å². The first-order chi connectivity index (χ1) is 12.6. The van der Waals surface area contributed by atoms with E-state index in [2.05, 4.69) is 20.6 Å². The molecule has 134 valence electrons. The van der Waals surface area contributed by atoms with E-state index < -0.39 is 11.6 Å². The molecule has 0 radical (unpaired) electrons. The average molecular weight is 357 g/mol. The van der Waals surface area contributed by atoms with Gasteiger partial charge in [0.05, 0.1) is 11.7 Å². The Hall–Kier alpha value is -3.29. The fourth-order valence-electron chi connectivity index (χ4n) is 2.88. The van der Waals surface area contributed by atoms with Crippen LogP contribution < -0.4 is 5.32 Å². The molecule has 1 amide bonds. The maximum Gasteiger partial charge on any atom is 0.212 e. The Morgan fingerprint density at radius 3 is 2.73 bits per heavy atom. The average Bonchev–Trinajstić information content (AvgIpc) is 3.28. The molecule has 0 atom stereocenters. The first kappa shape index (κ1) is 17.5. The monoisotopic (exact) mass is 357 g/mol. The molecular formula is C18H17F2N5O. The van der Waals surface area contributed by atoms with Gasteiger partial charge in [0.1, 0.15) is 5.52 Å². The van der Waals surface area contributed by atoms with Gasteiger partial charge in [-0.2, -0.15) is 10.2 Å². The van der Waals surface area contributed by atoms with Crippen LogP contribution in [0.25, 0.3) is 27.5 Å². The number of carbonyl (C=O) groups is 1. The quantitative estimate of drug-likeness (QED) is 0.543. The maximum atomic E-state index is 14.2. The number of fused-ring (bicyclic) bond motifs is 2. The van der Waals surface area contributed by atoms with Crippen molar-refractivity contribution in [1.29, 1.82) is 0 Å². The zero-order valence-corrected chi connectivity index (χ0v) is 14.5. The number of benzene rings is 1. The summed E-state index contributed by atoms with van der Waals surface area (Å²) in [5.41, 5.74) is 2.20. The molecule has 0 unspecified atom stereocenters. The van der Waals surface area contributed by atoms with E-state index in [0.717, 1.165) is 0 Å². The van der Waals surface area contributed by atoms with E-state index in [9.17, 15) is 13.6 Å². The van der Waals surface area contributed by atoms with Crippen molar-refractivity contribution in [3.63, 3.8) is 0 Å². The highest BCUT2D eigenvalue weighted by Crippen LogP contribution is 2.35. The zero-order chi connectivity index (χ0) is 18.8. The van der Waals surface area contributed by atoms with Crippen molar-refractivity contribution in [2.45, 2.75) is 20.8 Å². The molecule has 3 heterocycles. The van der Waals surface area contributed by atoms with Gasteiger partial charge in [-0.1, -0.05) is 13.8 Å². The molecule has 0 spiro atoms. The number of anilines is 1. The molecular weight excluding hydrogens is 340 g/mol. The molecule has 2 N–H and O–H groups in total. The van der Waals surface area contributed by atoms with Gasteiger partial charge < -0.3 is 5.32 Å². The molecule has 3 aromatic heterocycles. The third kappa shape index (κ3) is 2.69. The van der Waals surface area contributed by atoms with Gasteiger partial charge in [-0.25, -0.2) is 13.3 Å². The van der Waals surface area contributed by atoms with E-state index in [-0.39, 0.29) is 11.1 Å². The van der Waals surface area contributed by atoms with E-state index in [0.29, 0.717) is 34.3 Å². The van der Waals surface area contributed by atoms with Crippen molar-refractivity contribution in [2.24, 2.45) is 0 Å². The summed E-state index contributed by atoms with van der Waals surface area (Å²) in [7, 11) is 0. The van der Waals surface area contributed by atoms with Crippen molar-refractivity contribution in [3.8, 4) is 11.1 Å². The van der Waals surface area contributed by atoms with Gasteiger partial charge in [0.2, 0.25) is 6.41 Å². The maximum absolute atomic E-state index is 14.2. The van der Waals surface area contributed by atoms with Gasteiger partial charge in [0, 0.05) is 17.6 Å². The van der Waals surface area contributed by atoms with E-state index in [1.54, 1.807) is 28.9 Å². The minimum absolute atomic E-state index is 0.0322. The number of hydrogen-bond donors (Lipinski definition) is 2. The van der Waals surface area contributed by atoms with Crippen molar-refractivity contribution >= 4 is 28.6 Å². The number of aromatic nitrogens is 4. The second-order valence-corrected chi connectivity index (χ2v) is 5.36. The van der Waals surface area contributed by atoms with Crippen molar-refractivity contribution in [1.82, 2.24) is 19.8 Å². The van der Waals surface area contributed by atoms with Crippen LogP contribution in [-0.4, -0.2) is 26.2 Å². The van der Waals surface area contributed by atoms with E-state index in [4.69, 9.17) is 0 Å². The second kappa shape index (κ2) is 6.91. The van der Waals surface area contributed by atoms with Gasteiger partial charge in [-0.3, -0.25) is 9.89 Å². The number of nitrogens with zero attached hydrogens (tertiary/aromatic N) is 3. The molecule has 6 nitrogen and oxygen atoms in total. The summed E-state index contributed by atoms with van der Waals surface area (Å²) in [5, 5.41) is 13.5. The highest BCUT2D eigenvalue weighted by Gasteiger charge is 2.20. The van der Waals surface area contributed by atoms with Crippen molar-refractivity contribution < 1.29 is 13.6 Å². The Kier molecular flexibility index (Phi) is 4.66. The molecule has 0 aliphatic heterocycles. The van der Waals surface area contributed by atoms with Crippen LogP contribution in [0, 0.1) is 18.6 Å². The molecule has 0 aliphatic rings. The Morgan fingerprint density at radius 1 is 1.23 bits per heavy atom. The highest BCUT2D eigenvalue weighted by molar-refractivity contribution is 5.97. The highest BCUT2D eigenvalue weighted by atomic mass is 19.2. The van der Waals surface area contributed by atoms with Crippen molar-refractivity contribution in [3.05, 3.63) is 47.8 Å². The van der Waals surface area contributed by atoms with Crippen LogP contribution >= 0.6 is 0 Å². The standard InChI is InChI=1S/C16H11F2N5O.C2H6/c1-8-13(11-6-20-21-16(11)15(18)14(8)17)9-2-3-23-10(4-9)5-12(22-23)19-7-24;1-2/h2-7H,1H3,(H,20,21)(H,19,22,24);1-2H3. The molecule has 4 aromatic rings. The molecule has 0 saturated carbocycles. The Balaban J connectivity index is 0.000000948. The van der Waals surface area contributed by atoms with E-state index >= 15 is 0 Å². The SMILES string of the molecule is CC.Cc1c(F)c(F)c2[nH]ncc2c1-c1ccn2nc(NC=O)cc2c1. The Morgan fingerprint density at radius 2 is 2.00 bits per heavy atom. The number of halogens is 2. The number of rotatable bonds is 3. The number of amides is 1. The zero-order valence-electron chi connectivity index (χ0n) is 14.5. The Bertz CT molecular complexity index is 1100. The third-order valence-electron chi connectivity index (χ3n) is 3.98. The van der Waals surface area contributed by atoms with Crippen LogP contribution in [0.2, 0.25) is 0 Å². The number of carbonyl (C=O) groups excluding carboxylic acids is 1. The minimum Gasteiger partial charge on any atom is -0.312 e. The lowest BCUT2D eigenvalue weighted by molar-refractivity contribution is -0.105. The molecule has 0 bridgehead atoms. The minimum atomic E-state index is -0.938. The predicted octanol–water partition coefficient (Wildman–Crippen LogP) is 4.06. The molecule has 0 saturated heterocycles. The summed E-state index contributed by atoms with van der Waals surface area (Å²) in [6, 6.07) is 5.21. The lowest BCUT2D eigenvalue weighted by Crippen LogP contribution is -1.97. The van der Waals surface area contributed by atoms with Crippen LogP contribution in [-0.2, 0) is 4.79 Å². The van der Waals surface area contributed by atoms with Crippen LogP contribution in [0.4, 0.5) is 14.6 Å². The fourth-order valence-corrected chi connectivity index (χ4v) is 2.88. The molecule has 8 heteroatoms. The number of pyridine rings is 1. The number of aromatic amines is 1. The van der Waals surface area contributed by atoms with E-state index in [1.807, 2.05) is 13.8 Å². The summed E-state index contributed by atoms with van der Waals surface area (Å²) >= 11 is 0. The predicted molar refractivity (Wildman–Crippen MR) is 96.0 cm³/mol. The van der Waals surface area contributed by atoms with Crippen LogP contribution in [0.3, 0.4) is 0 Å². The lowest BCUT2D eigenvalue weighted by Gasteiger charge is -2.10. The normalized spacial score (nSPS) is 10.7. The largest absolute Gasteiger partial charge is 0.312 e. The number of H-pyrrole nitrogens is 1. The summed E-state index contributed by atoms with van der Waals surface area (Å²) in [6.45, 7) is 5.53. The van der Waals surface area contributed by atoms with Gasteiger partial charge >= 0.3 is 0 Å². The van der Waals surface area contributed by atoms with Gasteiger partial charge in [0.15, 0.2) is 17.5 Å². The topological polar surface area (TPSA) is 75.1 Å². The van der Waals surface area contributed by atoms with Gasteiger partial charge in [0.25, 0.3) is 0 Å². The summed E-state index contributed by atoms with van der Waals surface area (Å²) < 4.78 is 29.8. The van der Waals surface area contributed by atoms with Crippen molar-refractivity contribution in [2.75, 3.05) is 5.32 Å². The fraction of sp³-hybridized carbons (Fsp3) is 0.167. The molecule has 4 rings (SSSR count). The first-order valence-corrected chi connectivity index (χ1v) is 8.10. The third-order valence-corrected chi connectivity index (χ3v) is 3.98. The lowest BCUT2D eigenvalue weighted by atomic mass is 9.96. The first-order valence-electron chi connectivity index (χ1n) is 8.10. The molecule has 26 heavy (non-hydrogen) atoms. The summed E-state index contributed by atoms with van der Waals surface area (Å²) in [4.78, 5) is 10.5. The number of nitrogens with one attached hydrogen (secondary N) is 2. The smallest absolute Gasteiger partial charge is 0.212 e. The molecule has 0 aliphatic carbocycles. The van der Waals surface area contributed by atoms with Crippen LogP contribution in [0.5, 0.6) is 0 Å².